The van der Waals surface area contributed by atoms with Crippen LogP contribution < -0.4 is 10.5 Å². The number of aromatic nitrogens is 4. The largest absolute Gasteiger partial charge is 0.340 e. The lowest BCUT2D eigenvalue weighted by Crippen LogP contribution is -2.49. The zero-order valence-electron chi connectivity index (χ0n) is 18.5. The van der Waals surface area contributed by atoms with Gasteiger partial charge in [0.25, 0.3) is 5.56 Å². The molecule has 3 heterocycles. The fourth-order valence-corrected chi connectivity index (χ4v) is 5.54. The second-order valence-electron chi connectivity index (χ2n) is 9.01. The van der Waals surface area contributed by atoms with Gasteiger partial charge in [-0.2, -0.15) is 14.4 Å². The van der Waals surface area contributed by atoms with Crippen LogP contribution in [0.25, 0.3) is 11.0 Å². The number of benzene rings is 1. The Morgan fingerprint density at radius 3 is 2.39 bits per heavy atom. The summed E-state index contributed by atoms with van der Waals surface area (Å²) in [5.41, 5.74) is 1.60. The van der Waals surface area contributed by atoms with Gasteiger partial charge in [-0.25, -0.2) is 13.1 Å². The Morgan fingerprint density at radius 1 is 1.06 bits per heavy atom. The van der Waals surface area contributed by atoms with Crippen molar-refractivity contribution in [2.24, 2.45) is 0 Å². The molecule has 166 valence electrons. The number of H-pyrrole nitrogens is 1. The molecule has 1 fully saturated rings. The third-order valence-corrected chi connectivity index (χ3v) is 7.60. The molecule has 0 atom stereocenters. The van der Waals surface area contributed by atoms with Crippen LogP contribution in [0.15, 0.2) is 34.1 Å². The smallest absolute Gasteiger partial charge is 0.263 e. The first kappa shape index (κ1) is 21.5. The maximum absolute atomic E-state index is 13.2. The van der Waals surface area contributed by atoms with Crippen LogP contribution >= 0.6 is 0 Å². The van der Waals surface area contributed by atoms with E-state index in [-0.39, 0.29) is 11.1 Å². The van der Waals surface area contributed by atoms with Crippen molar-refractivity contribution in [2.45, 2.75) is 45.1 Å². The van der Waals surface area contributed by atoms with Gasteiger partial charge in [-0.05, 0) is 51.8 Å². The Morgan fingerprint density at radius 2 is 1.74 bits per heavy atom. The second-order valence-corrected chi connectivity index (χ2v) is 10.9. The van der Waals surface area contributed by atoms with Gasteiger partial charge in [0.15, 0.2) is 5.65 Å². The number of aromatic amines is 1. The standard InChI is InChI=1S/C21H28N6O3S/c1-14-6-7-15(2)17(12-14)31(29,30)26-10-8-25(9-11-26)20-23-18-16(19(28)24-20)13-22-27(18)21(3,4)5/h6-7,12-13H,8-11H2,1-5H3,(H,23,24,28). The molecule has 0 spiro atoms. The van der Waals surface area contributed by atoms with E-state index < -0.39 is 10.0 Å². The van der Waals surface area contributed by atoms with Gasteiger partial charge in [0, 0.05) is 26.2 Å². The third-order valence-electron chi connectivity index (χ3n) is 5.56. The number of rotatable bonds is 3. The third kappa shape index (κ3) is 3.85. The lowest BCUT2D eigenvalue weighted by molar-refractivity contribution is 0.365. The molecule has 1 saturated heterocycles. The lowest BCUT2D eigenvalue weighted by atomic mass is 10.1. The summed E-state index contributed by atoms with van der Waals surface area (Å²) in [7, 11) is -3.58. The highest BCUT2D eigenvalue weighted by Crippen LogP contribution is 2.24. The molecule has 3 aromatic rings. The first-order chi connectivity index (χ1) is 14.5. The van der Waals surface area contributed by atoms with Gasteiger partial charge >= 0.3 is 0 Å². The summed E-state index contributed by atoms with van der Waals surface area (Å²) in [5, 5.41) is 4.77. The molecule has 0 radical (unpaired) electrons. The lowest BCUT2D eigenvalue weighted by Gasteiger charge is -2.34. The molecular weight excluding hydrogens is 416 g/mol. The number of hydrogen-bond acceptors (Lipinski definition) is 6. The first-order valence-corrected chi connectivity index (χ1v) is 11.7. The molecule has 4 rings (SSSR count). The van der Waals surface area contributed by atoms with Gasteiger partial charge in [0.2, 0.25) is 16.0 Å². The van der Waals surface area contributed by atoms with Crippen molar-refractivity contribution in [1.82, 2.24) is 24.1 Å². The summed E-state index contributed by atoms with van der Waals surface area (Å²) in [6, 6.07) is 5.46. The van der Waals surface area contributed by atoms with Crippen LogP contribution in [0.2, 0.25) is 0 Å². The molecule has 1 aliphatic heterocycles. The number of fused-ring (bicyclic) bond motifs is 1. The normalized spacial score (nSPS) is 16.2. The van der Waals surface area contributed by atoms with Crippen LogP contribution in [0.3, 0.4) is 0 Å². The van der Waals surface area contributed by atoms with Crippen molar-refractivity contribution in [2.75, 3.05) is 31.1 Å². The van der Waals surface area contributed by atoms with Gasteiger partial charge in [0.05, 0.1) is 16.6 Å². The van der Waals surface area contributed by atoms with Gasteiger partial charge < -0.3 is 4.90 Å². The Labute approximate surface area is 181 Å². The number of piperazine rings is 1. The minimum atomic E-state index is -3.58. The summed E-state index contributed by atoms with van der Waals surface area (Å²) in [6.07, 6.45) is 1.53. The van der Waals surface area contributed by atoms with Gasteiger partial charge in [-0.3, -0.25) is 9.78 Å². The molecule has 0 bridgehead atoms. The molecule has 0 saturated carbocycles. The molecular formula is C21H28N6O3S. The number of sulfonamides is 1. The maximum Gasteiger partial charge on any atom is 0.263 e. The highest BCUT2D eigenvalue weighted by atomic mass is 32.2. The minimum absolute atomic E-state index is 0.249. The van der Waals surface area contributed by atoms with Gasteiger partial charge in [-0.15, -0.1) is 0 Å². The summed E-state index contributed by atoms with van der Waals surface area (Å²) in [6.45, 7) is 11.2. The molecule has 31 heavy (non-hydrogen) atoms. The number of nitrogens with zero attached hydrogens (tertiary/aromatic N) is 5. The van der Waals surface area contributed by atoms with Gasteiger partial charge in [-0.1, -0.05) is 12.1 Å². The van der Waals surface area contributed by atoms with Crippen LogP contribution in [0.4, 0.5) is 5.95 Å². The molecule has 0 aliphatic carbocycles. The van der Waals surface area contributed by atoms with Crippen LogP contribution in [0, 0.1) is 13.8 Å². The first-order valence-electron chi connectivity index (χ1n) is 10.3. The molecule has 1 N–H and O–H groups in total. The molecule has 1 aliphatic rings. The Balaban J connectivity index is 1.60. The van der Waals surface area contributed by atoms with Crippen molar-refractivity contribution in [3.8, 4) is 0 Å². The molecule has 2 aromatic heterocycles. The van der Waals surface area contributed by atoms with E-state index in [1.54, 1.807) is 10.7 Å². The van der Waals surface area contributed by atoms with Crippen molar-refractivity contribution in [3.05, 3.63) is 45.9 Å². The van der Waals surface area contributed by atoms with Crippen molar-refractivity contribution in [3.63, 3.8) is 0 Å². The van der Waals surface area contributed by atoms with Crippen LogP contribution in [0.1, 0.15) is 31.9 Å². The molecule has 0 amide bonds. The summed E-state index contributed by atoms with van der Waals surface area (Å²) in [4.78, 5) is 22.3. The van der Waals surface area contributed by atoms with Crippen LogP contribution in [0.5, 0.6) is 0 Å². The second kappa shape index (κ2) is 7.45. The number of hydrogen-bond donors (Lipinski definition) is 1. The van der Waals surface area contributed by atoms with Crippen LogP contribution in [-0.2, 0) is 15.6 Å². The quantitative estimate of drug-likeness (QED) is 0.663. The van der Waals surface area contributed by atoms with E-state index in [1.165, 1.54) is 10.5 Å². The average molecular weight is 445 g/mol. The fraction of sp³-hybridized carbons (Fsp3) is 0.476. The number of nitrogens with one attached hydrogen (secondary N) is 1. The van der Waals surface area contributed by atoms with E-state index in [1.807, 2.05) is 51.7 Å². The molecule has 10 heteroatoms. The van der Waals surface area contributed by atoms with E-state index in [0.717, 1.165) is 11.1 Å². The zero-order chi connectivity index (χ0) is 22.6. The summed E-state index contributed by atoms with van der Waals surface area (Å²) < 4.78 is 29.6. The molecule has 0 unspecified atom stereocenters. The maximum atomic E-state index is 13.2. The highest BCUT2D eigenvalue weighted by Gasteiger charge is 2.31. The van der Waals surface area contributed by atoms with E-state index in [0.29, 0.717) is 48.1 Å². The Hall–Kier alpha value is -2.72. The molecule has 1 aromatic carbocycles. The number of anilines is 1. The van der Waals surface area contributed by atoms with Crippen molar-refractivity contribution in [1.29, 1.82) is 0 Å². The number of aryl methyl sites for hydroxylation is 2. The minimum Gasteiger partial charge on any atom is -0.340 e. The van der Waals surface area contributed by atoms with E-state index in [9.17, 15) is 13.2 Å². The predicted octanol–water partition coefficient (Wildman–Crippen LogP) is 2.00. The van der Waals surface area contributed by atoms with Crippen LogP contribution in [-0.4, -0.2) is 58.7 Å². The van der Waals surface area contributed by atoms with Gasteiger partial charge in [0.1, 0.15) is 5.39 Å². The topological polar surface area (TPSA) is 104 Å². The summed E-state index contributed by atoms with van der Waals surface area (Å²) in [5.74, 6) is 0.437. The molecule has 9 nitrogen and oxygen atoms in total. The summed E-state index contributed by atoms with van der Waals surface area (Å²) >= 11 is 0. The Kier molecular flexibility index (Phi) is 5.17. The van der Waals surface area contributed by atoms with Crippen molar-refractivity contribution < 1.29 is 8.42 Å². The highest BCUT2D eigenvalue weighted by molar-refractivity contribution is 7.89. The fourth-order valence-electron chi connectivity index (χ4n) is 3.81. The van der Waals surface area contributed by atoms with E-state index >= 15 is 0 Å². The van der Waals surface area contributed by atoms with Crippen molar-refractivity contribution >= 4 is 27.0 Å². The SMILES string of the molecule is Cc1ccc(C)c(S(=O)(=O)N2CCN(c3nc4c(cnn4C(C)(C)C)c(=O)[nH]3)CC2)c1. The Bertz CT molecular complexity index is 1290. The monoisotopic (exact) mass is 444 g/mol. The average Bonchev–Trinajstić information content (AvgIpc) is 3.15. The van der Waals surface area contributed by atoms with E-state index in [4.69, 9.17) is 0 Å². The predicted molar refractivity (Wildman–Crippen MR) is 120 cm³/mol. The zero-order valence-corrected chi connectivity index (χ0v) is 19.3. The van der Waals surface area contributed by atoms with E-state index in [2.05, 4.69) is 15.1 Å².